The van der Waals surface area contributed by atoms with Crippen LogP contribution in [-0.4, -0.2) is 16.0 Å². The molecule has 2 aromatic heterocycles. The molecule has 0 radical (unpaired) electrons. The average Bonchev–Trinajstić information content (AvgIpc) is 3.17. The third kappa shape index (κ3) is 2.11. The van der Waals surface area contributed by atoms with Gasteiger partial charge in [-0.25, -0.2) is 4.98 Å². The molecule has 2 N–H and O–H groups in total. The van der Waals surface area contributed by atoms with Crippen molar-refractivity contribution in [3.8, 4) is 0 Å². The van der Waals surface area contributed by atoms with Crippen molar-refractivity contribution in [2.75, 3.05) is 5.32 Å². The summed E-state index contributed by atoms with van der Waals surface area (Å²) in [6.45, 7) is 0. The SMILES string of the molecule is c1cc2c(NC3CCCCC3)c(C3CC3)cnc2[nH]1. The van der Waals surface area contributed by atoms with E-state index < -0.39 is 0 Å². The molecule has 2 aromatic rings. The van der Waals surface area contributed by atoms with E-state index in [9.17, 15) is 0 Å². The lowest BCUT2D eigenvalue weighted by atomic mass is 9.94. The van der Waals surface area contributed by atoms with Crippen LogP contribution >= 0.6 is 0 Å². The van der Waals surface area contributed by atoms with Gasteiger partial charge >= 0.3 is 0 Å². The van der Waals surface area contributed by atoms with Gasteiger partial charge in [-0.05, 0) is 43.2 Å². The summed E-state index contributed by atoms with van der Waals surface area (Å²) in [5, 5.41) is 5.11. The molecule has 0 atom stereocenters. The van der Waals surface area contributed by atoms with E-state index in [0.29, 0.717) is 6.04 Å². The van der Waals surface area contributed by atoms with Gasteiger partial charge in [0.1, 0.15) is 5.65 Å². The van der Waals surface area contributed by atoms with Crippen molar-refractivity contribution in [1.29, 1.82) is 0 Å². The molecule has 2 aliphatic carbocycles. The van der Waals surface area contributed by atoms with Crippen LogP contribution in [0.4, 0.5) is 5.69 Å². The number of pyridine rings is 1. The van der Waals surface area contributed by atoms with Gasteiger partial charge in [-0.1, -0.05) is 19.3 Å². The van der Waals surface area contributed by atoms with E-state index in [-0.39, 0.29) is 0 Å². The summed E-state index contributed by atoms with van der Waals surface area (Å²) < 4.78 is 0. The fourth-order valence-corrected chi connectivity index (χ4v) is 3.34. The number of rotatable bonds is 3. The quantitative estimate of drug-likeness (QED) is 0.863. The minimum atomic E-state index is 0.659. The topological polar surface area (TPSA) is 40.7 Å². The number of anilines is 1. The Morgan fingerprint density at radius 3 is 2.74 bits per heavy atom. The second-order valence-corrected chi connectivity index (χ2v) is 6.08. The van der Waals surface area contributed by atoms with E-state index >= 15 is 0 Å². The van der Waals surface area contributed by atoms with Crippen LogP contribution in [0.1, 0.15) is 56.4 Å². The molecule has 4 rings (SSSR count). The van der Waals surface area contributed by atoms with Gasteiger partial charge in [0, 0.05) is 23.8 Å². The molecule has 2 saturated carbocycles. The van der Waals surface area contributed by atoms with Crippen LogP contribution < -0.4 is 5.32 Å². The standard InChI is InChI=1S/C16H21N3/c1-2-4-12(5-3-1)19-15-13-8-9-17-16(13)18-10-14(15)11-6-7-11/h8-12H,1-7H2,(H2,17,18,19). The Balaban J connectivity index is 1.72. The largest absolute Gasteiger partial charge is 0.381 e. The van der Waals surface area contributed by atoms with Crippen molar-refractivity contribution in [1.82, 2.24) is 9.97 Å². The first-order valence-electron chi connectivity index (χ1n) is 7.64. The second kappa shape index (κ2) is 4.55. The molecule has 100 valence electrons. The van der Waals surface area contributed by atoms with Crippen molar-refractivity contribution < 1.29 is 0 Å². The zero-order valence-corrected chi connectivity index (χ0v) is 11.3. The number of hydrogen-bond donors (Lipinski definition) is 2. The Kier molecular flexibility index (Phi) is 2.71. The Hall–Kier alpha value is -1.51. The normalized spacial score (nSPS) is 20.8. The fourth-order valence-electron chi connectivity index (χ4n) is 3.34. The van der Waals surface area contributed by atoms with Crippen LogP contribution in [0.5, 0.6) is 0 Å². The van der Waals surface area contributed by atoms with Gasteiger partial charge in [0.2, 0.25) is 0 Å². The van der Waals surface area contributed by atoms with Crippen LogP contribution in [0, 0.1) is 0 Å². The maximum Gasteiger partial charge on any atom is 0.139 e. The Labute approximate surface area is 113 Å². The summed E-state index contributed by atoms with van der Waals surface area (Å²) in [6.07, 6.45) is 13.5. The molecule has 3 heteroatoms. The first-order valence-corrected chi connectivity index (χ1v) is 7.64. The molecular formula is C16H21N3. The Bertz CT molecular complexity index is 577. The van der Waals surface area contributed by atoms with Crippen molar-refractivity contribution >= 4 is 16.7 Å². The molecule has 2 fully saturated rings. The van der Waals surface area contributed by atoms with Gasteiger partial charge in [-0.3, -0.25) is 0 Å². The molecule has 2 heterocycles. The molecule has 0 aromatic carbocycles. The van der Waals surface area contributed by atoms with E-state index in [2.05, 4.69) is 27.5 Å². The van der Waals surface area contributed by atoms with Crippen molar-refractivity contribution in [2.45, 2.75) is 56.9 Å². The number of nitrogens with one attached hydrogen (secondary N) is 2. The molecule has 0 bridgehead atoms. The predicted octanol–water partition coefficient (Wildman–Crippen LogP) is 4.18. The lowest BCUT2D eigenvalue weighted by Crippen LogP contribution is -2.23. The second-order valence-electron chi connectivity index (χ2n) is 6.08. The number of fused-ring (bicyclic) bond motifs is 1. The minimum Gasteiger partial charge on any atom is -0.381 e. The molecule has 0 aliphatic heterocycles. The van der Waals surface area contributed by atoms with Crippen molar-refractivity contribution in [3.63, 3.8) is 0 Å². The molecule has 0 unspecified atom stereocenters. The van der Waals surface area contributed by atoms with Crippen LogP contribution in [-0.2, 0) is 0 Å². The van der Waals surface area contributed by atoms with E-state index in [0.717, 1.165) is 11.6 Å². The highest BCUT2D eigenvalue weighted by molar-refractivity contribution is 5.91. The van der Waals surface area contributed by atoms with Crippen LogP contribution in [0.25, 0.3) is 11.0 Å². The molecule has 0 amide bonds. The molecule has 3 nitrogen and oxygen atoms in total. The number of nitrogens with zero attached hydrogens (tertiary/aromatic N) is 1. The smallest absolute Gasteiger partial charge is 0.139 e. The van der Waals surface area contributed by atoms with Gasteiger partial charge in [0.05, 0.1) is 5.69 Å². The summed E-state index contributed by atoms with van der Waals surface area (Å²) in [7, 11) is 0. The van der Waals surface area contributed by atoms with Crippen LogP contribution in [0.15, 0.2) is 18.5 Å². The molecule has 0 spiro atoms. The molecular weight excluding hydrogens is 234 g/mol. The maximum absolute atomic E-state index is 4.56. The Morgan fingerprint density at radius 1 is 1.11 bits per heavy atom. The highest BCUT2D eigenvalue weighted by Crippen LogP contribution is 2.45. The van der Waals surface area contributed by atoms with E-state index in [1.54, 1.807) is 0 Å². The molecule has 0 saturated heterocycles. The molecule has 2 aliphatic rings. The van der Waals surface area contributed by atoms with Crippen molar-refractivity contribution in [3.05, 3.63) is 24.0 Å². The summed E-state index contributed by atoms with van der Waals surface area (Å²) in [6, 6.07) is 2.83. The zero-order valence-electron chi connectivity index (χ0n) is 11.3. The van der Waals surface area contributed by atoms with Crippen molar-refractivity contribution in [2.24, 2.45) is 0 Å². The zero-order chi connectivity index (χ0) is 12.7. The lowest BCUT2D eigenvalue weighted by Gasteiger charge is -2.25. The third-order valence-electron chi connectivity index (χ3n) is 4.59. The number of aromatic nitrogens is 2. The van der Waals surface area contributed by atoms with E-state index in [1.165, 1.54) is 61.6 Å². The van der Waals surface area contributed by atoms with Gasteiger partial charge < -0.3 is 10.3 Å². The van der Waals surface area contributed by atoms with Gasteiger partial charge in [-0.2, -0.15) is 0 Å². The van der Waals surface area contributed by atoms with Gasteiger partial charge in [-0.15, -0.1) is 0 Å². The number of aromatic amines is 1. The van der Waals surface area contributed by atoms with E-state index in [4.69, 9.17) is 0 Å². The summed E-state index contributed by atoms with van der Waals surface area (Å²) in [5.41, 5.74) is 3.82. The summed E-state index contributed by atoms with van der Waals surface area (Å²) in [5.74, 6) is 0.748. The van der Waals surface area contributed by atoms with Gasteiger partial charge in [0.15, 0.2) is 0 Å². The first-order chi connectivity index (χ1) is 9.42. The summed E-state index contributed by atoms with van der Waals surface area (Å²) >= 11 is 0. The highest BCUT2D eigenvalue weighted by atomic mass is 14.9. The van der Waals surface area contributed by atoms with Crippen LogP contribution in [0.2, 0.25) is 0 Å². The lowest BCUT2D eigenvalue weighted by molar-refractivity contribution is 0.462. The minimum absolute atomic E-state index is 0.659. The number of H-pyrrole nitrogens is 1. The maximum atomic E-state index is 4.56. The van der Waals surface area contributed by atoms with Crippen LogP contribution in [0.3, 0.4) is 0 Å². The summed E-state index contributed by atoms with van der Waals surface area (Å²) in [4.78, 5) is 7.79. The third-order valence-corrected chi connectivity index (χ3v) is 4.59. The highest BCUT2D eigenvalue weighted by Gasteiger charge is 2.28. The predicted molar refractivity (Wildman–Crippen MR) is 78.6 cm³/mol. The first kappa shape index (κ1) is 11.3. The average molecular weight is 255 g/mol. The number of hydrogen-bond acceptors (Lipinski definition) is 2. The van der Waals surface area contributed by atoms with E-state index in [1.807, 2.05) is 6.20 Å². The molecule has 19 heavy (non-hydrogen) atoms. The van der Waals surface area contributed by atoms with Gasteiger partial charge in [0.25, 0.3) is 0 Å². The monoisotopic (exact) mass is 255 g/mol. The fraction of sp³-hybridized carbons (Fsp3) is 0.562. The Morgan fingerprint density at radius 2 is 1.95 bits per heavy atom.